The molecule has 0 aliphatic rings. The second kappa shape index (κ2) is 8.43. The van der Waals surface area contributed by atoms with Gasteiger partial charge in [-0.2, -0.15) is 0 Å². The number of H-pyrrole nitrogens is 1. The van der Waals surface area contributed by atoms with Crippen molar-refractivity contribution < 1.29 is 4.79 Å². The first-order valence-corrected chi connectivity index (χ1v) is 10.1. The molecule has 0 unspecified atom stereocenters. The number of fused-ring (bicyclic) bond motifs is 1. The third-order valence-corrected chi connectivity index (χ3v) is 5.30. The largest absolute Gasteiger partial charge is 0.320 e. The molecule has 0 fully saturated rings. The quantitative estimate of drug-likeness (QED) is 0.504. The highest BCUT2D eigenvalue weighted by molar-refractivity contribution is 5.91. The van der Waals surface area contributed by atoms with E-state index in [1.807, 2.05) is 36.4 Å². The van der Waals surface area contributed by atoms with Gasteiger partial charge in [-0.15, -0.1) is 0 Å². The van der Waals surface area contributed by atoms with E-state index in [1.165, 1.54) is 4.68 Å². The van der Waals surface area contributed by atoms with Crippen LogP contribution in [0.25, 0.3) is 16.6 Å². The molecule has 8 heteroatoms. The molecule has 1 amide bonds. The molecule has 2 aromatic heterocycles. The van der Waals surface area contributed by atoms with Crippen molar-refractivity contribution in [2.24, 2.45) is 7.05 Å². The number of carbonyl (C=O) groups excluding carboxylic acids is 1. The maximum atomic E-state index is 12.9. The molecular weight excluding hydrogens is 394 g/mol. The summed E-state index contributed by atoms with van der Waals surface area (Å²) < 4.78 is 3.24. The number of aryl methyl sites for hydroxylation is 1. The van der Waals surface area contributed by atoms with E-state index in [-0.39, 0.29) is 29.1 Å². The molecule has 0 spiro atoms. The fourth-order valence-corrected chi connectivity index (χ4v) is 3.58. The summed E-state index contributed by atoms with van der Waals surface area (Å²) in [6, 6.07) is 16.4. The van der Waals surface area contributed by atoms with Gasteiger partial charge in [0.15, 0.2) is 0 Å². The van der Waals surface area contributed by atoms with E-state index < -0.39 is 0 Å². The summed E-state index contributed by atoms with van der Waals surface area (Å²) >= 11 is 0. The molecule has 158 valence electrons. The first-order chi connectivity index (χ1) is 15.0. The van der Waals surface area contributed by atoms with Gasteiger partial charge in [0.2, 0.25) is 5.91 Å². The molecule has 31 heavy (non-hydrogen) atoms. The highest BCUT2D eigenvalue weighted by atomic mass is 16.2. The molecule has 2 aromatic carbocycles. The highest BCUT2D eigenvalue weighted by Crippen LogP contribution is 2.14. The van der Waals surface area contributed by atoms with Crippen molar-refractivity contribution >= 4 is 22.5 Å². The Bertz CT molecular complexity index is 1370. The number of carbonyl (C=O) groups is 1. The van der Waals surface area contributed by atoms with Gasteiger partial charge in [-0.25, -0.2) is 9.67 Å². The minimum absolute atomic E-state index is 0.188. The molecular formula is C23H23N5O3. The number of para-hydroxylation sites is 2. The molecule has 0 radical (unpaired) electrons. The summed E-state index contributed by atoms with van der Waals surface area (Å²) in [7, 11) is 1.78. The van der Waals surface area contributed by atoms with Gasteiger partial charge in [-0.1, -0.05) is 30.3 Å². The maximum Gasteiger partial charge on any atom is 0.295 e. The lowest BCUT2D eigenvalue weighted by Crippen LogP contribution is -2.23. The zero-order valence-electron chi connectivity index (χ0n) is 17.4. The molecule has 4 rings (SSSR count). The van der Waals surface area contributed by atoms with Gasteiger partial charge in [0.05, 0.1) is 22.3 Å². The van der Waals surface area contributed by atoms with Crippen molar-refractivity contribution in [3.8, 4) is 5.69 Å². The van der Waals surface area contributed by atoms with E-state index in [0.717, 1.165) is 5.69 Å². The van der Waals surface area contributed by atoms with Crippen molar-refractivity contribution in [1.82, 2.24) is 19.3 Å². The number of nitrogens with zero attached hydrogens (tertiary/aromatic N) is 3. The van der Waals surface area contributed by atoms with Crippen LogP contribution in [-0.2, 0) is 18.3 Å². The molecule has 0 saturated carbocycles. The van der Waals surface area contributed by atoms with Crippen molar-refractivity contribution in [1.29, 1.82) is 0 Å². The molecule has 2 N–H and O–H groups in total. The van der Waals surface area contributed by atoms with Crippen LogP contribution in [-0.4, -0.2) is 25.2 Å². The number of rotatable bonds is 6. The van der Waals surface area contributed by atoms with Crippen LogP contribution in [0.1, 0.15) is 24.4 Å². The monoisotopic (exact) mass is 417 g/mol. The molecule has 8 nitrogen and oxygen atoms in total. The summed E-state index contributed by atoms with van der Waals surface area (Å²) in [4.78, 5) is 44.7. The van der Waals surface area contributed by atoms with E-state index in [0.29, 0.717) is 35.3 Å². The minimum Gasteiger partial charge on any atom is -0.320 e. The van der Waals surface area contributed by atoms with Crippen LogP contribution in [0.3, 0.4) is 0 Å². The summed E-state index contributed by atoms with van der Waals surface area (Å²) in [6.45, 7) is 1.79. The van der Waals surface area contributed by atoms with Crippen molar-refractivity contribution in [3.63, 3.8) is 0 Å². The average Bonchev–Trinajstić information content (AvgIpc) is 2.97. The van der Waals surface area contributed by atoms with Crippen LogP contribution in [0.15, 0.2) is 64.2 Å². The predicted molar refractivity (Wildman–Crippen MR) is 120 cm³/mol. The number of aromatic nitrogens is 4. The third-order valence-electron chi connectivity index (χ3n) is 5.30. The first-order valence-electron chi connectivity index (χ1n) is 10.1. The predicted octanol–water partition coefficient (Wildman–Crippen LogP) is 2.68. The van der Waals surface area contributed by atoms with Crippen LogP contribution in [0.4, 0.5) is 5.69 Å². The first kappa shape index (κ1) is 20.3. The van der Waals surface area contributed by atoms with E-state index >= 15 is 0 Å². The lowest BCUT2D eigenvalue weighted by Gasteiger charge is -2.07. The normalized spacial score (nSPS) is 11.0. The molecule has 0 aliphatic carbocycles. The zero-order valence-corrected chi connectivity index (χ0v) is 17.4. The number of anilines is 1. The Morgan fingerprint density at radius 1 is 1.06 bits per heavy atom. The summed E-state index contributed by atoms with van der Waals surface area (Å²) in [5, 5.41) is 3.29. The van der Waals surface area contributed by atoms with Crippen molar-refractivity contribution in [3.05, 3.63) is 86.8 Å². The fraction of sp³-hybridized carbons (Fsp3) is 0.217. The highest BCUT2D eigenvalue weighted by Gasteiger charge is 2.18. The molecule has 2 heterocycles. The number of hydrogen-bond acceptors (Lipinski definition) is 4. The number of benzene rings is 2. The lowest BCUT2D eigenvalue weighted by atomic mass is 10.2. The maximum absolute atomic E-state index is 12.9. The van der Waals surface area contributed by atoms with Crippen LogP contribution in [0, 0.1) is 6.92 Å². The van der Waals surface area contributed by atoms with Gasteiger partial charge >= 0.3 is 0 Å². The summed E-state index contributed by atoms with van der Waals surface area (Å²) in [6.07, 6.45) is 1.15. The minimum atomic E-state index is -0.278. The van der Waals surface area contributed by atoms with E-state index in [2.05, 4.69) is 15.3 Å². The van der Waals surface area contributed by atoms with Crippen LogP contribution in [0.2, 0.25) is 0 Å². The fourth-order valence-electron chi connectivity index (χ4n) is 3.58. The summed E-state index contributed by atoms with van der Waals surface area (Å²) in [5.41, 5.74) is 1.83. The number of aromatic amines is 1. The molecule has 0 atom stereocenters. The van der Waals surface area contributed by atoms with E-state index in [9.17, 15) is 14.4 Å². The molecule has 0 aliphatic heterocycles. The van der Waals surface area contributed by atoms with Gasteiger partial charge < -0.3 is 10.3 Å². The van der Waals surface area contributed by atoms with Gasteiger partial charge in [0.1, 0.15) is 11.5 Å². The molecule has 4 aromatic rings. The summed E-state index contributed by atoms with van der Waals surface area (Å²) in [5.74, 6) is 0.285. The standard InChI is InChI=1S/C23H23N5O3/c1-15-21(23(31)28(27(15)2)16-9-4-3-5-10-16)26-20(29)14-8-13-19-24-18-12-7-6-11-17(18)22(30)25-19/h3-7,9-12H,8,13-14H2,1-2H3,(H,26,29)(H,24,25,30). The van der Waals surface area contributed by atoms with Gasteiger partial charge in [-0.05, 0) is 37.6 Å². The van der Waals surface area contributed by atoms with Crippen LogP contribution in [0.5, 0.6) is 0 Å². The Morgan fingerprint density at radius 2 is 1.77 bits per heavy atom. The number of nitrogens with one attached hydrogen (secondary N) is 2. The van der Waals surface area contributed by atoms with E-state index in [4.69, 9.17) is 0 Å². The molecule has 0 bridgehead atoms. The van der Waals surface area contributed by atoms with Gasteiger partial charge in [0, 0.05) is 19.9 Å². The third kappa shape index (κ3) is 4.05. The average molecular weight is 417 g/mol. The smallest absolute Gasteiger partial charge is 0.295 e. The van der Waals surface area contributed by atoms with Crippen molar-refractivity contribution in [2.75, 3.05) is 5.32 Å². The van der Waals surface area contributed by atoms with Crippen LogP contribution < -0.4 is 16.4 Å². The number of amides is 1. The SMILES string of the molecule is Cc1c(NC(=O)CCCc2nc3ccccc3c(=O)[nH]2)c(=O)n(-c2ccccc2)n1C. The number of hydrogen-bond donors (Lipinski definition) is 2. The van der Waals surface area contributed by atoms with Crippen molar-refractivity contribution in [2.45, 2.75) is 26.2 Å². The second-order valence-corrected chi connectivity index (χ2v) is 7.37. The molecule has 0 saturated heterocycles. The Labute approximate surface area is 178 Å². The Hall–Kier alpha value is -3.94. The topological polar surface area (TPSA) is 102 Å². The zero-order chi connectivity index (χ0) is 22.0. The Morgan fingerprint density at radius 3 is 2.55 bits per heavy atom. The van der Waals surface area contributed by atoms with Gasteiger partial charge in [-0.3, -0.25) is 19.1 Å². The van der Waals surface area contributed by atoms with Gasteiger partial charge in [0.25, 0.3) is 11.1 Å². The Balaban J connectivity index is 1.44. The van der Waals surface area contributed by atoms with E-state index in [1.54, 1.807) is 36.9 Å². The second-order valence-electron chi connectivity index (χ2n) is 7.37. The Kier molecular flexibility index (Phi) is 5.53. The lowest BCUT2D eigenvalue weighted by molar-refractivity contribution is -0.116. The van der Waals surface area contributed by atoms with Crippen LogP contribution >= 0.6 is 0 Å².